The molecule has 0 bridgehead atoms. The molecule has 0 aliphatic rings. The van der Waals surface area contributed by atoms with Gasteiger partial charge in [0.15, 0.2) is 18.4 Å². The van der Waals surface area contributed by atoms with E-state index in [4.69, 9.17) is 0 Å². The van der Waals surface area contributed by atoms with Crippen LogP contribution in [0.25, 0.3) is 0 Å². The summed E-state index contributed by atoms with van der Waals surface area (Å²) in [6.07, 6.45) is 4.15. The molecule has 0 fully saturated rings. The van der Waals surface area contributed by atoms with Crippen molar-refractivity contribution in [2.45, 2.75) is 19.9 Å². The topological polar surface area (TPSA) is 3.88 Å². The van der Waals surface area contributed by atoms with E-state index >= 15 is 0 Å². The first-order valence-electron chi connectivity index (χ1n) is 3.26. The summed E-state index contributed by atoms with van der Waals surface area (Å²) in [5, 5.41) is 0. The van der Waals surface area contributed by atoms with Crippen molar-refractivity contribution in [2.24, 2.45) is 0 Å². The maximum absolute atomic E-state index is 2.17. The van der Waals surface area contributed by atoms with Gasteiger partial charge in [-0.1, -0.05) is 6.07 Å². The third kappa shape index (κ3) is 2.50. The van der Waals surface area contributed by atoms with E-state index in [2.05, 4.69) is 30.8 Å². The van der Waals surface area contributed by atoms with Crippen molar-refractivity contribution in [3.63, 3.8) is 0 Å². The molecular weight excluding hydrogens is 169 g/mol. The molecule has 0 spiro atoms. The predicted molar refractivity (Wildman–Crippen MR) is 37.0 cm³/mol. The van der Waals surface area contributed by atoms with Gasteiger partial charge in [-0.3, -0.25) is 0 Å². The average molecular weight is 181 g/mol. The first kappa shape index (κ1) is 9.66. The molecule has 0 aliphatic carbocycles. The minimum absolute atomic E-state index is 0. The molecule has 0 atom stereocenters. The Balaban J connectivity index is 0.000000810. The molecule has 0 unspecified atom stereocenters. The van der Waals surface area contributed by atoms with Gasteiger partial charge < -0.3 is 0 Å². The Labute approximate surface area is 72.3 Å². The molecule has 0 aromatic carbocycles. The number of hydrogen-bond acceptors (Lipinski definition) is 0. The molecule has 1 radical (unpaired) electrons. The first-order chi connectivity index (χ1) is 4.30. The Bertz CT molecular complexity index is 172. The van der Waals surface area contributed by atoms with Gasteiger partial charge in [0.05, 0.1) is 0 Å². The summed E-state index contributed by atoms with van der Waals surface area (Å²) < 4.78 is 2.17. The van der Waals surface area contributed by atoms with Gasteiger partial charge in [0.25, 0.3) is 0 Å². The summed E-state index contributed by atoms with van der Waals surface area (Å²) in [5.41, 5.74) is 0. The third-order valence-electron chi connectivity index (χ3n) is 1.33. The molecule has 1 rings (SSSR count). The molecule has 0 saturated carbocycles. The van der Waals surface area contributed by atoms with Gasteiger partial charge in [-0.15, -0.1) is 0 Å². The molecule has 1 aromatic rings. The van der Waals surface area contributed by atoms with Crippen LogP contribution in [0, 0.1) is 0 Å². The van der Waals surface area contributed by atoms with E-state index in [1.807, 2.05) is 18.2 Å². The molecule has 10 heavy (non-hydrogen) atoms. The SMILES string of the molecule is CC(C)[n+]1ccccc1.[Co+2]. The Morgan fingerprint density at radius 2 is 1.50 bits per heavy atom. The van der Waals surface area contributed by atoms with Gasteiger partial charge in [-0.05, 0) is 13.8 Å². The zero-order valence-electron chi connectivity index (χ0n) is 6.24. The summed E-state index contributed by atoms with van der Waals surface area (Å²) in [5.74, 6) is 0. The minimum Gasteiger partial charge on any atom is -0.203 e. The number of aromatic nitrogens is 1. The quantitative estimate of drug-likeness (QED) is 0.579. The van der Waals surface area contributed by atoms with Crippen LogP contribution >= 0.6 is 0 Å². The zero-order chi connectivity index (χ0) is 6.69. The Morgan fingerprint density at radius 3 is 1.80 bits per heavy atom. The normalized spacial score (nSPS) is 9.10. The van der Waals surface area contributed by atoms with Crippen molar-refractivity contribution in [2.75, 3.05) is 0 Å². The fourth-order valence-electron chi connectivity index (χ4n) is 0.756. The molecule has 1 aromatic heterocycles. The average Bonchev–Trinajstić information content (AvgIpc) is 1.90. The molecule has 0 amide bonds. The van der Waals surface area contributed by atoms with E-state index in [0.29, 0.717) is 6.04 Å². The number of hydrogen-bond donors (Lipinski definition) is 0. The monoisotopic (exact) mass is 181 g/mol. The summed E-state index contributed by atoms with van der Waals surface area (Å²) in [4.78, 5) is 0. The van der Waals surface area contributed by atoms with Crippen LogP contribution in [0.5, 0.6) is 0 Å². The van der Waals surface area contributed by atoms with E-state index in [0.717, 1.165) is 0 Å². The molecule has 1 heterocycles. The van der Waals surface area contributed by atoms with Crippen molar-refractivity contribution >= 4 is 0 Å². The fourth-order valence-corrected chi connectivity index (χ4v) is 0.756. The van der Waals surface area contributed by atoms with E-state index in [1.165, 1.54) is 0 Å². The van der Waals surface area contributed by atoms with Crippen LogP contribution in [0.15, 0.2) is 30.6 Å². The van der Waals surface area contributed by atoms with Crippen molar-refractivity contribution < 1.29 is 21.3 Å². The van der Waals surface area contributed by atoms with Crippen LogP contribution in [0.1, 0.15) is 19.9 Å². The minimum atomic E-state index is 0. The number of pyridine rings is 1. The van der Waals surface area contributed by atoms with Crippen molar-refractivity contribution in [3.8, 4) is 0 Å². The van der Waals surface area contributed by atoms with Crippen LogP contribution in [0.4, 0.5) is 0 Å². The summed E-state index contributed by atoms with van der Waals surface area (Å²) in [6.45, 7) is 4.33. The summed E-state index contributed by atoms with van der Waals surface area (Å²) in [6, 6.07) is 6.69. The van der Waals surface area contributed by atoms with Crippen LogP contribution in [-0.2, 0) is 16.8 Å². The molecule has 2 heteroatoms. The van der Waals surface area contributed by atoms with Crippen LogP contribution in [0.3, 0.4) is 0 Å². The second kappa shape index (κ2) is 4.47. The number of nitrogens with zero attached hydrogens (tertiary/aromatic N) is 1. The fraction of sp³-hybridized carbons (Fsp3) is 0.375. The van der Waals surface area contributed by atoms with Gasteiger partial charge in [0.2, 0.25) is 0 Å². The van der Waals surface area contributed by atoms with Crippen molar-refractivity contribution in [3.05, 3.63) is 30.6 Å². The maximum Gasteiger partial charge on any atom is 2.00 e. The summed E-state index contributed by atoms with van der Waals surface area (Å²) >= 11 is 0. The Kier molecular flexibility index (Phi) is 4.32. The maximum atomic E-state index is 2.17. The second-order valence-electron chi connectivity index (χ2n) is 2.42. The Morgan fingerprint density at radius 1 is 1.00 bits per heavy atom. The smallest absolute Gasteiger partial charge is 0.203 e. The second-order valence-corrected chi connectivity index (χ2v) is 2.42. The molecule has 55 valence electrons. The largest absolute Gasteiger partial charge is 2.00 e. The number of rotatable bonds is 1. The molecule has 0 saturated heterocycles. The van der Waals surface area contributed by atoms with E-state index in [-0.39, 0.29) is 16.8 Å². The summed E-state index contributed by atoms with van der Waals surface area (Å²) in [7, 11) is 0. The van der Waals surface area contributed by atoms with E-state index in [9.17, 15) is 0 Å². The van der Waals surface area contributed by atoms with E-state index < -0.39 is 0 Å². The van der Waals surface area contributed by atoms with E-state index in [1.54, 1.807) is 0 Å². The molecular formula is C8H12CoN+3. The third-order valence-corrected chi connectivity index (χ3v) is 1.33. The van der Waals surface area contributed by atoms with Crippen LogP contribution < -0.4 is 4.57 Å². The first-order valence-corrected chi connectivity index (χ1v) is 3.26. The molecule has 1 nitrogen and oxygen atoms in total. The standard InChI is InChI=1S/C8H12N.Co/c1-8(2)9-6-4-3-5-7-9;/h3-8H,1-2H3;/q+1;+2. The predicted octanol–water partition coefficient (Wildman–Crippen LogP) is 1.55. The van der Waals surface area contributed by atoms with Gasteiger partial charge in [0.1, 0.15) is 0 Å². The van der Waals surface area contributed by atoms with Gasteiger partial charge >= 0.3 is 16.8 Å². The van der Waals surface area contributed by atoms with Gasteiger partial charge in [0, 0.05) is 12.1 Å². The van der Waals surface area contributed by atoms with Gasteiger partial charge in [-0.2, -0.15) is 0 Å². The van der Waals surface area contributed by atoms with Crippen LogP contribution in [0.2, 0.25) is 0 Å². The zero-order valence-corrected chi connectivity index (χ0v) is 7.29. The van der Waals surface area contributed by atoms with Crippen LogP contribution in [-0.4, -0.2) is 0 Å². The molecule has 0 N–H and O–H groups in total. The van der Waals surface area contributed by atoms with Crippen molar-refractivity contribution in [1.82, 2.24) is 0 Å². The Hall–Kier alpha value is -0.344. The molecule has 0 aliphatic heterocycles. The van der Waals surface area contributed by atoms with Gasteiger partial charge in [-0.25, -0.2) is 4.57 Å². The van der Waals surface area contributed by atoms with Crippen molar-refractivity contribution in [1.29, 1.82) is 0 Å².